The van der Waals surface area contributed by atoms with Crippen molar-refractivity contribution in [3.8, 4) is 11.5 Å². The number of halogens is 2. The van der Waals surface area contributed by atoms with Crippen LogP contribution in [0.5, 0.6) is 0 Å². The third-order valence-corrected chi connectivity index (χ3v) is 5.23. The standard InChI is InChI=1S/C22H21ClFN3O3/c23-16-8-9-19(24)18(13-16)22(28)27-11-4-7-17(14-27)29-12-10-20-25-21(30-26-20)15-5-2-1-3-6-15/h1-3,5-6,8-9,13,17H,4,7,10-12,14H2. The number of hydrogen-bond donors (Lipinski definition) is 0. The second-order valence-electron chi connectivity index (χ2n) is 7.14. The van der Waals surface area contributed by atoms with Gasteiger partial charge in [0.2, 0.25) is 0 Å². The zero-order valence-corrected chi connectivity index (χ0v) is 17.0. The fourth-order valence-corrected chi connectivity index (χ4v) is 3.63. The van der Waals surface area contributed by atoms with Crippen LogP contribution in [0, 0.1) is 5.82 Å². The van der Waals surface area contributed by atoms with Crippen molar-refractivity contribution >= 4 is 17.5 Å². The van der Waals surface area contributed by atoms with Gasteiger partial charge in [0.1, 0.15) is 5.82 Å². The van der Waals surface area contributed by atoms with Gasteiger partial charge in [0.15, 0.2) is 5.82 Å². The number of carbonyl (C=O) groups is 1. The van der Waals surface area contributed by atoms with Gasteiger partial charge in [-0.1, -0.05) is 35.0 Å². The Morgan fingerprint density at radius 3 is 2.93 bits per heavy atom. The van der Waals surface area contributed by atoms with E-state index in [0.717, 1.165) is 18.4 Å². The SMILES string of the molecule is O=C(c1cc(Cl)ccc1F)N1CCCC(OCCc2noc(-c3ccccc3)n2)C1. The van der Waals surface area contributed by atoms with Crippen molar-refractivity contribution in [1.82, 2.24) is 15.0 Å². The van der Waals surface area contributed by atoms with Gasteiger partial charge in [0, 0.05) is 30.1 Å². The van der Waals surface area contributed by atoms with Crippen LogP contribution >= 0.6 is 11.6 Å². The Kier molecular flexibility index (Phi) is 6.40. The lowest BCUT2D eigenvalue weighted by atomic mass is 10.1. The van der Waals surface area contributed by atoms with E-state index in [0.29, 0.717) is 42.9 Å². The zero-order valence-electron chi connectivity index (χ0n) is 16.3. The molecule has 8 heteroatoms. The maximum atomic E-state index is 14.0. The summed E-state index contributed by atoms with van der Waals surface area (Å²) in [6.45, 7) is 1.38. The van der Waals surface area contributed by atoms with Gasteiger partial charge in [-0.3, -0.25) is 4.79 Å². The first-order valence-corrected chi connectivity index (χ1v) is 10.2. The molecular formula is C22H21ClFN3O3. The van der Waals surface area contributed by atoms with E-state index in [2.05, 4.69) is 10.1 Å². The largest absolute Gasteiger partial charge is 0.376 e. The lowest BCUT2D eigenvalue weighted by molar-refractivity contribution is 0.00236. The highest BCUT2D eigenvalue weighted by Crippen LogP contribution is 2.21. The van der Waals surface area contributed by atoms with Crippen LogP contribution in [0.4, 0.5) is 4.39 Å². The molecule has 4 rings (SSSR count). The molecule has 1 atom stereocenters. The van der Waals surface area contributed by atoms with E-state index in [9.17, 15) is 9.18 Å². The first kappa shape index (κ1) is 20.5. The van der Waals surface area contributed by atoms with Crippen molar-refractivity contribution in [3.63, 3.8) is 0 Å². The number of ether oxygens (including phenoxy) is 1. The molecule has 1 unspecified atom stereocenters. The molecule has 1 aromatic heterocycles. The molecule has 1 fully saturated rings. The molecule has 2 aromatic carbocycles. The Morgan fingerprint density at radius 1 is 1.27 bits per heavy atom. The van der Waals surface area contributed by atoms with E-state index in [1.807, 2.05) is 30.3 Å². The van der Waals surface area contributed by atoms with Crippen molar-refractivity contribution in [1.29, 1.82) is 0 Å². The zero-order chi connectivity index (χ0) is 20.9. The van der Waals surface area contributed by atoms with Crippen molar-refractivity contribution in [2.75, 3.05) is 19.7 Å². The van der Waals surface area contributed by atoms with E-state index in [4.69, 9.17) is 20.9 Å². The number of piperidine rings is 1. The lowest BCUT2D eigenvalue weighted by Gasteiger charge is -2.32. The van der Waals surface area contributed by atoms with Crippen LogP contribution in [0.25, 0.3) is 11.5 Å². The van der Waals surface area contributed by atoms with Crippen LogP contribution in [0.1, 0.15) is 29.0 Å². The minimum absolute atomic E-state index is 0.0108. The summed E-state index contributed by atoms with van der Waals surface area (Å²) in [5, 5.41) is 4.32. The van der Waals surface area contributed by atoms with Gasteiger partial charge in [-0.05, 0) is 43.2 Å². The Balaban J connectivity index is 1.30. The number of nitrogens with zero attached hydrogens (tertiary/aromatic N) is 3. The molecule has 156 valence electrons. The van der Waals surface area contributed by atoms with Crippen LogP contribution in [-0.4, -0.2) is 46.7 Å². The number of hydrogen-bond acceptors (Lipinski definition) is 5. The summed E-state index contributed by atoms with van der Waals surface area (Å²) in [5.41, 5.74) is 0.857. The molecule has 3 aromatic rings. The Hall–Kier alpha value is -2.77. The highest BCUT2D eigenvalue weighted by Gasteiger charge is 2.26. The van der Waals surface area contributed by atoms with Crippen LogP contribution in [-0.2, 0) is 11.2 Å². The highest BCUT2D eigenvalue weighted by molar-refractivity contribution is 6.31. The number of rotatable bonds is 6. The third-order valence-electron chi connectivity index (χ3n) is 4.99. The summed E-state index contributed by atoms with van der Waals surface area (Å²) < 4.78 is 25.3. The molecule has 1 amide bonds. The number of amides is 1. The molecule has 0 N–H and O–H groups in total. The summed E-state index contributed by atoms with van der Waals surface area (Å²) in [6, 6.07) is 13.6. The molecule has 6 nitrogen and oxygen atoms in total. The molecule has 0 aliphatic carbocycles. The van der Waals surface area contributed by atoms with E-state index in [1.165, 1.54) is 18.2 Å². The van der Waals surface area contributed by atoms with Gasteiger partial charge in [0.25, 0.3) is 11.8 Å². The summed E-state index contributed by atoms with van der Waals surface area (Å²) in [5.74, 6) is 0.106. The Morgan fingerprint density at radius 2 is 2.10 bits per heavy atom. The maximum absolute atomic E-state index is 14.0. The van der Waals surface area contributed by atoms with Crippen LogP contribution < -0.4 is 0 Å². The van der Waals surface area contributed by atoms with E-state index < -0.39 is 5.82 Å². The smallest absolute Gasteiger partial charge is 0.257 e. The van der Waals surface area contributed by atoms with Crippen molar-refractivity contribution in [2.24, 2.45) is 0 Å². The molecule has 0 bridgehead atoms. The maximum Gasteiger partial charge on any atom is 0.257 e. The summed E-state index contributed by atoms with van der Waals surface area (Å²) in [7, 11) is 0. The molecular weight excluding hydrogens is 409 g/mol. The molecule has 1 aliphatic rings. The van der Waals surface area contributed by atoms with Gasteiger partial charge in [-0.25, -0.2) is 4.39 Å². The van der Waals surface area contributed by atoms with E-state index in [-0.39, 0.29) is 17.6 Å². The molecule has 0 spiro atoms. The fourth-order valence-electron chi connectivity index (χ4n) is 3.46. The minimum Gasteiger partial charge on any atom is -0.376 e. The summed E-state index contributed by atoms with van der Waals surface area (Å²) in [6.07, 6.45) is 2.01. The fraction of sp³-hybridized carbons (Fsp3) is 0.318. The predicted octanol–water partition coefficient (Wildman–Crippen LogP) is 4.39. The highest BCUT2D eigenvalue weighted by atomic mass is 35.5. The number of carbonyl (C=O) groups excluding carboxylic acids is 1. The van der Waals surface area contributed by atoms with Gasteiger partial charge >= 0.3 is 0 Å². The van der Waals surface area contributed by atoms with Crippen molar-refractivity contribution in [3.05, 3.63) is 70.8 Å². The first-order valence-electron chi connectivity index (χ1n) is 9.84. The van der Waals surface area contributed by atoms with Gasteiger partial charge < -0.3 is 14.2 Å². The molecule has 1 saturated heterocycles. The first-order chi connectivity index (χ1) is 14.6. The number of benzene rings is 2. The average Bonchev–Trinajstić information content (AvgIpc) is 3.25. The van der Waals surface area contributed by atoms with Gasteiger partial charge in [0.05, 0.1) is 18.3 Å². The molecule has 0 radical (unpaired) electrons. The van der Waals surface area contributed by atoms with Gasteiger partial charge in [-0.2, -0.15) is 4.98 Å². The molecule has 1 aliphatic heterocycles. The monoisotopic (exact) mass is 429 g/mol. The van der Waals surface area contributed by atoms with E-state index >= 15 is 0 Å². The topological polar surface area (TPSA) is 68.5 Å². The quantitative estimate of drug-likeness (QED) is 0.581. The van der Waals surface area contributed by atoms with E-state index in [1.54, 1.807) is 4.90 Å². The number of aromatic nitrogens is 2. The minimum atomic E-state index is -0.571. The van der Waals surface area contributed by atoms with Crippen LogP contribution in [0.3, 0.4) is 0 Å². The number of likely N-dealkylation sites (tertiary alicyclic amines) is 1. The Bertz CT molecular complexity index is 1010. The molecule has 0 saturated carbocycles. The average molecular weight is 430 g/mol. The van der Waals surface area contributed by atoms with Crippen molar-refractivity contribution in [2.45, 2.75) is 25.4 Å². The third kappa shape index (κ3) is 4.86. The second-order valence-corrected chi connectivity index (χ2v) is 7.58. The van der Waals surface area contributed by atoms with Crippen LogP contribution in [0.15, 0.2) is 53.1 Å². The van der Waals surface area contributed by atoms with Gasteiger partial charge in [-0.15, -0.1) is 0 Å². The predicted molar refractivity (Wildman–Crippen MR) is 110 cm³/mol. The second kappa shape index (κ2) is 9.36. The normalized spacial score (nSPS) is 16.6. The van der Waals surface area contributed by atoms with Crippen molar-refractivity contribution < 1.29 is 18.4 Å². The summed E-state index contributed by atoms with van der Waals surface area (Å²) >= 11 is 5.91. The molecule has 2 heterocycles. The molecule has 30 heavy (non-hydrogen) atoms. The van der Waals surface area contributed by atoms with Crippen LogP contribution in [0.2, 0.25) is 5.02 Å². The lowest BCUT2D eigenvalue weighted by Crippen LogP contribution is -2.43. The Labute approximate surface area is 178 Å². The summed E-state index contributed by atoms with van der Waals surface area (Å²) in [4.78, 5) is 18.7.